The van der Waals surface area contributed by atoms with Crippen LogP contribution in [0.4, 0.5) is 21.5 Å². The Morgan fingerprint density at radius 1 is 0.400 bits per heavy atom. The summed E-state index contributed by atoms with van der Waals surface area (Å²) >= 11 is 0. The second-order valence-corrected chi connectivity index (χ2v) is 15.2. The van der Waals surface area contributed by atoms with Crippen LogP contribution in [0.5, 0.6) is 0 Å². The third-order valence-electron chi connectivity index (χ3n) is 11.8. The number of nitrogens with zero attached hydrogens (tertiary/aromatic N) is 3. The van der Waals surface area contributed by atoms with Crippen molar-refractivity contribution in [2.75, 3.05) is 4.90 Å². The molecule has 2 aromatic heterocycles. The lowest BCUT2D eigenvalue weighted by Gasteiger charge is -2.28. The molecule has 0 spiro atoms. The van der Waals surface area contributed by atoms with E-state index < -0.39 is 0 Å². The highest BCUT2D eigenvalue weighted by molar-refractivity contribution is 6.12. The van der Waals surface area contributed by atoms with Crippen molar-refractivity contribution in [2.24, 2.45) is 0 Å². The fraction of sp³-hybridized carbons (Fsp3) is 0.0588. The minimum atomic E-state index is -0.244. The predicted molar refractivity (Wildman–Crippen MR) is 227 cm³/mol. The summed E-state index contributed by atoms with van der Waals surface area (Å²) in [6.07, 6.45) is 0. The molecule has 262 valence electrons. The van der Waals surface area contributed by atoms with E-state index in [1.54, 1.807) is 0 Å². The fourth-order valence-corrected chi connectivity index (χ4v) is 9.20. The standard InChI is InChI=1S/C51H36FN3/c1-51(2)45-17-9-6-14-39(45)40-27-24-37(31-46(40)51)53(38-25-28-43-41-15-7-10-18-47(41)55(50(43)32-38)34-12-4-3-5-13-34)36-26-29-49-44(30-36)42-16-8-11-19-48(42)54(49)35-22-20-33(52)21-23-35/h3-32H,1-2H3. The number of fused-ring (bicyclic) bond motifs is 9. The molecule has 10 aromatic rings. The van der Waals surface area contributed by atoms with Crippen LogP contribution in [0.25, 0.3) is 66.1 Å². The Kier molecular flexibility index (Phi) is 6.78. The van der Waals surface area contributed by atoms with Crippen molar-refractivity contribution in [2.45, 2.75) is 19.3 Å². The van der Waals surface area contributed by atoms with Gasteiger partial charge in [0, 0.05) is 55.4 Å². The number of anilines is 3. The van der Waals surface area contributed by atoms with Gasteiger partial charge >= 0.3 is 0 Å². The highest BCUT2D eigenvalue weighted by atomic mass is 19.1. The van der Waals surface area contributed by atoms with E-state index in [1.165, 1.54) is 50.7 Å². The number of aromatic nitrogens is 2. The topological polar surface area (TPSA) is 13.1 Å². The maximum Gasteiger partial charge on any atom is 0.123 e. The summed E-state index contributed by atoms with van der Waals surface area (Å²) in [5.41, 5.74) is 14.9. The number of para-hydroxylation sites is 3. The zero-order valence-electron chi connectivity index (χ0n) is 30.5. The van der Waals surface area contributed by atoms with Crippen molar-refractivity contribution in [3.8, 4) is 22.5 Å². The number of hydrogen-bond acceptors (Lipinski definition) is 1. The van der Waals surface area contributed by atoms with E-state index in [0.29, 0.717) is 0 Å². The van der Waals surface area contributed by atoms with E-state index in [9.17, 15) is 4.39 Å². The molecule has 0 atom stereocenters. The van der Waals surface area contributed by atoms with Gasteiger partial charge in [-0.2, -0.15) is 0 Å². The number of rotatable bonds is 5. The largest absolute Gasteiger partial charge is 0.310 e. The number of hydrogen-bond donors (Lipinski definition) is 0. The smallest absolute Gasteiger partial charge is 0.123 e. The SMILES string of the molecule is CC1(C)c2ccccc2-c2ccc(N(c3ccc4c(c3)c3ccccc3n4-c3ccc(F)cc3)c3ccc4c5ccccc5n(-c5ccccc5)c4c3)cc21. The average Bonchev–Trinajstić information content (AvgIpc) is 3.81. The number of halogens is 1. The lowest BCUT2D eigenvalue weighted by atomic mass is 9.82. The molecule has 0 saturated carbocycles. The van der Waals surface area contributed by atoms with Gasteiger partial charge in [0.05, 0.1) is 22.1 Å². The van der Waals surface area contributed by atoms with E-state index in [0.717, 1.165) is 55.8 Å². The molecule has 0 N–H and O–H groups in total. The molecule has 0 aliphatic heterocycles. The maximum atomic E-state index is 14.1. The summed E-state index contributed by atoms with van der Waals surface area (Å²) < 4.78 is 18.7. The summed E-state index contributed by atoms with van der Waals surface area (Å²) in [5, 5.41) is 4.72. The van der Waals surface area contributed by atoms with Crippen molar-refractivity contribution in [1.29, 1.82) is 0 Å². The zero-order chi connectivity index (χ0) is 36.8. The highest BCUT2D eigenvalue weighted by Crippen LogP contribution is 2.51. The lowest BCUT2D eigenvalue weighted by Crippen LogP contribution is -2.16. The highest BCUT2D eigenvalue weighted by Gasteiger charge is 2.36. The molecular weight excluding hydrogens is 674 g/mol. The van der Waals surface area contributed by atoms with Gasteiger partial charge in [-0.25, -0.2) is 4.39 Å². The summed E-state index contributed by atoms with van der Waals surface area (Å²) in [6, 6.07) is 64.1. The van der Waals surface area contributed by atoms with Crippen LogP contribution in [-0.2, 0) is 5.41 Å². The first-order chi connectivity index (χ1) is 27.0. The average molecular weight is 710 g/mol. The van der Waals surface area contributed by atoms with Crippen molar-refractivity contribution in [3.63, 3.8) is 0 Å². The van der Waals surface area contributed by atoms with Crippen molar-refractivity contribution >= 4 is 60.7 Å². The normalized spacial score (nSPS) is 13.1. The zero-order valence-corrected chi connectivity index (χ0v) is 30.5. The molecule has 0 amide bonds. The molecule has 0 fully saturated rings. The Bertz CT molecular complexity index is 3130. The Morgan fingerprint density at radius 2 is 0.927 bits per heavy atom. The minimum absolute atomic E-state index is 0.149. The molecule has 0 saturated heterocycles. The van der Waals surface area contributed by atoms with Crippen LogP contribution in [0.1, 0.15) is 25.0 Å². The van der Waals surface area contributed by atoms with Gasteiger partial charge in [-0.3, -0.25) is 0 Å². The van der Waals surface area contributed by atoms with Gasteiger partial charge in [0.25, 0.3) is 0 Å². The summed E-state index contributed by atoms with van der Waals surface area (Å²) in [6.45, 7) is 4.68. The van der Waals surface area contributed by atoms with Gasteiger partial charge in [-0.05, 0) is 113 Å². The fourth-order valence-electron chi connectivity index (χ4n) is 9.20. The first-order valence-electron chi connectivity index (χ1n) is 18.9. The Labute approximate surface area is 318 Å². The van der Waals surface area contributed by atoms with Gasteiger partial charge in [0.15, 0.2) is 0 Å². The third kappa shape index (κ3) is 4.68. The van der Waals surface area contributed by atoms with Crippen molar-refractivity contribution < 1.29 is 4.39 Å². The third-order valence-corrected chi connectivity index (χ3v) is 11.8. The second-order valence-electron chi connectivity index (χ2n) is 15.2. The molecular formula is C51H36FN3. The van der Waals surface area contributed by atoms with Gasteiger partial charge in [0.1, 0.15) is 5.82 Å². The summed E-state index contributed by atoms with van der Waals surface area (Å²) in [7, 11) is 0. The van der Waals surface area contributed by atoms with Crippen molar-refractivity contribution in [3.05, 3.63) is 199 Å². The van der Waals surface area contributed by atoms with E-state index >= 15 is 0 Å². The monoisotopic (exact) mass is 709 g/mol. The molecule has 8 aromatic carbocycles. The van der Waals surface area contributed by atoms with Crippen LogP contribution in [0.2, 0.25) is 0 Å². The molecule has 0 unspecified atom stereocenters. The Hall–Kier alpha value is -6.91. The molecule has 55 heavy (non-hydrogen) atoms. The summed E-state index contributed by atoms with van der Waals surface area (Å²) in [5.74, 6) is -0.244. The van der Waals surface area contributed by atoms with Gasteiger partial charge < -0.3 is 14.0 Å². The quantitative estimate of drug-likeness (QED) is 0.173. The van der Waals surface area contributed by atoms with Crippen molar-refractivity contribution in [1.82, 2.24) is 9.13 Å². The van der Waals surface area contributed by atoms with E-state index in [-0.39, 0.29) is 11.2 Å². The number of benzene rings is 8. The van der Waals surface area contributed by atoms with Gasteiger partial charge in [-0.1, -0.05) is 105 Å². The van der Waals surface area contributed by atoms with Crippen LogP contribution in [0.3, 0.4) is 0 Å². The molecule has 4 heteroatoms. The maximum absolute atomic E-state index is 14.1. The second kappa shape index (κ2) is 11.8. The predicted octanol–water partition coefficient (Wildman–Crippen LogP) is 13.8. The first kappa shape index (κ1) is 31.6. The molecule has 1 aliphatic rings. The molecule has 1 aliphatic carbocycles. The summed E-state index contributed by atoms with van der Waals surface area (Å²) in [4.78, 5) is 2.41. The molecule has 2 heterocycles. The first-order valence-corrected chi connectivity index (χ1v) is 18.9. The Balaban J connectivity index is 1.18. The van der Waals surface area contributed by atoms with Gasteiger partial charge in [-0.15, -0.1) is 0 Å². The van der Waals surface area contributed by atoms with Crippen LogP contribution in [0.15, 0.2) is 182 Å². The van der Waals surface area contributed by atoms with E-state index in [2.05, 4.69) is 186 Å². The van der Waals surface area contributed by atoms with Gasteiger partial charge in [0.2, 0.25) is 0 Å². The Morgan fingerprint density at radius 3 is 1.71 bits per heavy atom. The lowest BCUT2D eigenvalue weighted by molar-refractivity contribution is 0.627. The van der Waals surface area contributed by atoms with E-state index in [4.69, 9.17) is 0 Å². The molecule has 3 nitrogen and oxygen atoms in total. The molecule has 0 bridgehead atoms. The van der Waals surface area contributed by atoms with Crippen LogP contribution < -0.4 is 4.90 Å². The molecule has 11 rings (SSSR count). The minimum Gasteiger partial charge on any atom is -0.310 e. The molecule has 0 radical (unpaired) electrons. The van der Waals surface area contributed by atoms with Crippen LogP contribution in [0, 0.1) is 5.82 Å². The van der Waals surface area contributed by atoms with Crippen LogP contribution in [-0.4, -0.2) is 9.13 Å². The van der Waals surface area contributed by atoms with E-state index in [1.807, 2.05) is 12.1 Å². The van der Waals surface area contributed by atoms with Crippen LogP contribution >= 0.6 is 0 Å².